The molecule has 0 fully saturated rings. The topological polar surface area (TPSA) is 12.0 Å². The van der Waals surface area contributed by atoms with Crippen molar-refractivity contribution in [2.24, 2.45) is 0 Å². The van der Waals surface area contributed by atoms with Gasteiger partial charge in [0.1, 0.15) is 0 Å². The van der Waals surface area contributed by atoms with Crippen molar-refractivity contribution in [1.29, 1.82) is 0 Å². The molecule has 100 valence electrons. The van der Waals surface area contributed by atoms with E-state index in [1.165, 1.54) is 0 Å². The van der Waals surface area contributed by atoms with Crippen molar-refractivity contribution in [3.05, 3.63) is 68.7 Å². The molecule has 0 aromatic heterocycles. The van der Waals surface area contributed by atoms with E-state index in [4.69, 9.17) is 34.8 Å². The van der Waals surface area contributed by atoms with E-state index in [1.54, 1.807) is 0 Å². The summed E-state index contributed by atoms with van der Waals surface area (Å²) in [5.74, 6) is 0. The lowest BCUT2D eigenvalue weighted by Crippen LogP contribution is -2.18. The molecule has 1 unspecified atom stereocenters. The van der Waals surface area contributed by atoms with Crippen LogP contribution in [0.2, 0.25) is 15.1 Å². The first-order chi connectivity index (χ1) is 9.06. The molecular weight excluding hydrogens is 301 g/mol. The van der Waals surface area contributed by atoms with Gasteiger partial charge in [-0.2, -0.15) is 0 Å². The number of benzene rings is 2. The van der Waals surface area contributed by atoms with Crippen LogP contribution in [0.25, 0.3) is 0 Å². The summed E-state index contributed by atoms with van der Waals surface area (Å²) in [5, 5.41) is 5.34. The van der Waals surface area contributed by atoms with Gasteiger partial charge in [0.05, 0.1) is 10.0 Å². The highest BCUT2D eigenvalue weighted by molar-refractivity contribution is 6.42. The molecule has 1 atom stereocenters. The van der Waals surface area contributed by atoms with E-state index >= 15 is 0 Å². The third kappa shape index (κ3) is 4.12. The lowest BCUT2D eigenvalue weighted by atomic mass is 10.1. The second-order valence-electron chi connectivity index (χ2n) is 4.41. The first-order valence-corrected chi connectivity index (χ1v) is 7.12. The second-order valence-corrected chi connectivity index (χ2v) is 5.66. The summed E-state index contributed by atoms with van der Waals surface area (Å²) < 4.78 is 0. The van der Waals surface area contributed by atoms with Gasteiger partial charge in [-0.15, -0.1) is 0 Å². The van der Waals surface area contributed by atoms with Crippen LogP contribution in [0.15, 0.2) is 42.5 Å². The molecule has 0 amide bonds. The lowest BCUT2D eigenvalue weighted by molar-refractivity contribution is 0.575. The Hall–Kier alpha value is -0.730. The Kier molecular flexibility index (Phi) is 5.12. The molecule has 0 spiro atoms. The summed E-state index contributed by atoms with van der Waals surface area (Å²) in [6.45, 7) is 2.84. The Labute approximate surface area is 128 Å². The van der Waals surface area contributed by atoms with Crippen LogP contribution in [0.1, 0.15) is 24.1 Å². The maximum Gasteiger partial charge on any atom is 0.0595 e. The van der Waals surface area contributed by atoms with Gasteiger partial charge < -0.3 is 5.32 Å². The predicted octanol–water partition coefficient (Wildman–Crippen LogP) is 5.50. The van der Waals surface area contributed by atoms with Crippen LogP contribution in [0, 0.1) is 0 Å². The molecule has 0 aliphatic carbocycles. The van der Waals surface area contributed by atoms with Gasteiger partial charge in [-0.1, -0.05) is 53.0 Å². The molecule has 1 N–H and O–H groups in total. The molecule has 0 saturated heterocycles. The lowest BCUT2D eigenvalue weighted by Gasteiger charge is -2.15. The Bertz CT molecular complexity index is 569. The van der Waals surface area contributed by atoms with Crippen LogP contribution in [0.3, 0.4) is 0 Å². The number of nitrogens with one attached hydrogen (secondary N) is 1. The van der Waals surface area contributed by atoms with Crippen LogP contribution in [0.4, 0.5) is 0 Å². The average Bonchev–Trinajstić information content (AvgIpc) is 2.39. The van der Waals surface area contributed by atoms with Gasteiger partial charge >= 0.3 is 0 Å². The summed E-state index contributed by atoms with van der Waals surface area (Å²) in [7, 11) is 0. The molecule has 4 heteroatoms. The first kappa shape index (κ1) is 14.7. The quantitative estimate of drug-likeness (QED) is 0.786. The molecule has 19 heavy (non-hydrogen) atoms. The molecular formula is C15H14Cl3N. The predicted molar refractivity (Wildman–Crippen MR) is 83.2 cm³/mol. The fraction of sp³-hybridized carbons (Fsp3) is 0.200. The Balaban J connectivity index is 2.01. The average molecular weight is 315 g/mol. The zero-order chi connectivity index (χ0) is 13.8. The molecule has 2 aromatic rings. The van der Waals surface area contributed by atoms with Crippen LogP contribution in [0.5, 0.6) is 0 Å². The number of rotatable bonds is 4. The summed E-state index contributed by atoms with van der Waals surface area (Å²) in [4.78, 5) is 0. The largest absolute Gasteiger partial charge is 0.306 e. The fourth-order valence-corrected chi connectivity index (χ4v) is 2.34. The van der Waals surface area contributed by atoms with E-state index in [0.717, 1.165) is 22.7 Å². The van der Waals surface area contributed by atoms with Gasteiger partial charge in [0.2, 0.25) is 0 Å². The molecule has 0 heterocycles. The highest BCUT2D eigenvalue weighted by Crippen LogP contribution is 2.25. The molecule has 2 rings (SSSR count). The molecule has 0 saturated carbocycles. The summed E-state index contributed by atoms with van der Waals surface area (Å²) in [5.41, 5.74) is 2.26. The van der Waals surface area contributed by atoms with Crippen LogP contribution < -0.4 is 5.32 Å². The summed E-state index contributed by atoms with van der Waals surface area (Å²) in [6, 6.07) is 13.7. The van der Waals surface area contributed by atoms with Crippen LogP contribution >= 0.6 is 34.8 Å². The van der Waals surface area contributed by atoms with Crippen molar-refractivity contribution >= 4 is 34.8 Å². The van der Waals surface area contributed by atoms with Gasteiger partial charge in [0.25, 0.3) is 0 Å². The van der Waals surface area contributed by atoms with Crippen LogP contribution in [-0.4, -0.2) is 0 Å². The summed E-state index contributed by atoms with van der Waals surface area (Å²) >= 11 is 17.9. The molecule has 0 aliphatic heterocycles. The van der Waals surface area contributed by atoms with E-state index in [2.05, 4.69) is 12.2 Å². The third-order valence-corrected chi connectivity index (χ3v) is 3.92. The Morgan fingerprint density at radius 2 is 1.79 bits per heavy atom. The van der Waals surface area contributed by atoms with Crippen LogP contribution in [-0.2, 0) is 6.54 Å². The Morgan fingerprint density at radius 1 is 1.00 bits per heavy atom. The van der Waals surface area contributed by atoms with E-state index in [1.807, 2.05) is 42.5 Å². The highest BCUT2D eigenvalue weighted by Gasteiger charge is 2.07. The van der Waals surface area contributed by atoms with Crippen molar-refractivity contribution in [3.8, 4) is 0 Å². The minimum atomic E-state index is 0.189. The normalized spacial score (nSPS) is 12.4. The van der Waals surface area contributed by atoms with E-state index in [-0.39, 0.29) is 6.04 Å². The number of hydrogen-bond acceptors (Lipinski definition) is 1. The van der Waals surface area contributed by atoms with Crippen molar-refractivity contribution in [2.75, 3.05) is 0 Å². The van der Waals surface area contributed by atoms with Crippen molar-refractivity contribution < 1.29 is 0 Å². The third-order valence-electron chi connectivity index (χ3n) is 2.95. The first-order valence-electron chi connectivity index (χ1n) is 5.99. The van der Waals surface area contributed by atoms with Gasteiger partial charge in [-0.3, -0.25) is 0 Å². The number of hydrogen-bond donors (Lipinski definition) is 1. The van der Waals surface area contributed by atoms with E-state index in [9.17, 15) is 0 Å². The summed E-state index contributed by atoms with van der Waals surface area (Å²) in [6.07, 6.45) is 0. The van der Waals surface area contributed by atoms with Gasteiger partial charge in [-0.05, 0) is 42.3 Å². The molecule has 0 bridgehead atoms. The zero-order valence-electron chi connectivity index (χ0n) is 10.5. The van der Waals surface area contributed by atoms with Crippen molar-refractivity contribution in [2.45, 2.75) is 19.5 Å². The highest BCUT2D eigenvalue weighted by atomic mass is 35.5. The van der Waals surface area contributed by atoms with E-state index < -0.39 is 0 Å². The maximum absolute atomic E-state index is 6.02. The minimum Gasteiger partial charge on any atom is -0.306 e. The second kappa shape index (κ2) is 6.62. The fourth-order valence-electron chi connectivity index (χ4n) is 1.82. The molecule has 0 radical (unpaired) electrons. The maximum atomic E-state index is 6.02. The van der Waals surface area contributed by atoms with Crippen molar-refractivity contribution in [1.82, 2.24) is 5.32 Å². The molecule has 1 nitrogen and oxygen atoms in total. The SMILES string of the molecule is CC(NCc1cccc(Cl)c1)c1ccc(Cl)c(Cl)c1. The standard InChI is InChI=1S/C15H14Cl3N/c1-10(12-5-6-14(17)15(18)8-12)19-9-11-3-2-4-13(16)7-11/h2-8,10,19H,9H2,1H3. The molecule has 2 aromatic carbocycles. The smallest absolute Gasteiger partial charge is 0.0595 e. The van der Waals surface area contributed by atoms with E-state index in [0.29, 0.717) is 10.0 Å². The molecule has 0 aliphatic rings. The van der Waals surface area contributed by atoms with Crippen molar-refractivity contribution in [3.63, 3.8) is 0 Å². The number of halogens is 3. The minimum absolute atomic E-state index is 0.189. The van der Waals surface area contributed by atoms with Gasteiger partial charge in [-0.25, -0.2) is 0 Å². The Morgan fingerprint density at radius 3 is 2.47 bits per heavy atom. The van der Waals surface area contributed by atoms with Gasteiger partial charge in [0.15, 0.2) is 0 Å². The monoisotopic (exact) mass is 313 g/mol. The van der Waals surface area contributed by atoms with Gasteiger partial charge in [0, 0.05) is 17.6 Å². The zero-order valence-corrected chi connectivity index (χ0v) is 12.7.